The highest BCUT2D eigenvalue weighted by Crippen LogP contribution is 2.20. The number of rotatable bonds is 4. The first-order valence-corrected chi connectivity index (χ1v) is 5.30. The molecule has 0 atom stereocenters. The molecule has 1 aromatic carbocycles. The van der Waals surface area contributed by atoms with Gasteiger partial charge in [-0.2, -0.15) is 0 Å². The van der Waals surface area contributed by atoms with E-state index >= 15 is 0 Å². The maximum Gasteiger partial charge on any atom is 0.0723 e. The molecule has 0 aliphatic carbocycles. The van der Waals surface area contributed by atoms with E-state index in [0.717, 1.165) is 6.61 Å². The fourth-order valence-electron chi connectivity index (χ4n) is 1.49. The first-order valence-electron chi connectivity index (χ1n) is 5.30. The molecule has 0 amide bonds. The molecule has 0 N–H and O–H groups in total. The number of benzene rings is 1. The zero-order chi connectivity index (χ0) is 10.6. The van der Waals surface area contributed by atoms with E-state index < -0.39 is 0 Å². The van der Waals surface area contributed by atoms with Gasteiger partial charge >= 0.3 is 0 Å². The van der Waals surface area contributed by atoms with Gasteiger partial charge in [0.25, 0.3) is 0 Å². The van der Waals surface area contributed by atoms with Crippen LogP contribution in [0.3, 0.4) is 0 Å². The van der Waals surface area contributed by atoms with E-state index in [4.69, 9.17) is 4.74 Å². The summed E-state index contributed by atoms with van der Waals surface area (Å²) in [5, 5.41) is 0. The van der Waals surface area contributed by atoms with Crippen LogP contribution in [0.1, 0.15) is 44.7 Å². The number of ether oxygens (including phenoxy) is 1. The Morgan fingerprint density at radius 3 is 2.29 bits per heavy atom. The van der Waals surface area contributed by atoms with Crippen molar-refractivity contribution < 1.29 is 4.74 Å². The Labute approximate surface area is 87.1 Å². The van der Waals surface area contributed by atoms with Crippen molar-refractivity contribution in [3.05, 3.63) is 35.4 Å². The van der Waals surface area contributed by atoms with Gasteiger partial charge in [-0.25, -0.2) is 0 Å². The van der Waals surface area contributed by atoms with Crippen LogP contribution in [0.25, 0.3) is 0 Å². The molecule has 0 radical (unpaired) electrons. The lowest BCUT2D eigenvalue weighted by Gasteiger charge is -2.14. The Morgan fingerprint density at radius 2 is 1.71 bits per heavy atom. The van der Waals surface area contributed by atoms with Crippen molar-refractivity contribution in [2.75, 3.05) is 0 Å². The van der Waals surface area contributed by atoms with Crippen molar-refractivity contribution in [2.45, 2.75) is 46.3 Å². The standard InChI is InChI=1S/C13H20O/c1-10(2)13-8-6-5-7-12(13)9-14-11(3)4/h5-8,10-11H,9H2,1-4H3. The van der Waals surface area contributed by atoms with Crippen LogP contribution in [0.2, 0.25) is 0 Å². The minimum atomic E-state index is 0.301. The van der Waals surface area contributed by atoms with Gasteiger partial charge in [0.1, 0.15) is 0 Å². The second-order valence-corrected chi connectivity index (χ2v) is 4.21. The van der Waals surface area contributed by atoms with Crippen molar-refractivity contribution in [2.24, 2.45) is 0 Å². The Morgan fingerprint density at radius 1 is 1.07 bits per heavy atom. The zero-order valence-corrected chi connectivity index (χ0v) is 9.58. The molecule has 0 aliphatic rings. The van der Waals surface area contributed by atoms with E-state index in [1.165, 1.54) is 11.1 Å². The predicted octanol–water partition coefficient (Wildman–Crippen LogP) is 3.74. The second kappa shape index (κ2) is 5.16. The Bertz CT molecular complexity index is 276. The van der Waals surface area contributed by atoms with Crippen LogP contribution >= 0.6 is 0 Å². The quantitative estimate of drug-likeness (QED) is 0.706. The van der Waals surface area contributed by atoms with Crippen LogP contribution in [0.5, 0.6) is 0 Å². The molecule has 0 fully saturated rings. The van der Waals surface area contributed by atoms with Gasteiger partial charge in [0.2, 0.25) is 0 Å². The summed E-state index contributed by atoms with van der Waals surface area (Å²) >= 11 is 0. The van der Waals surface area contributed by atoms with Gasteiger partial charge in [0.05, 0.1) is 12.7 Å². The average molecular weight is 192 g/mol. The Balaban J connectivity index is 2.74. The van der Waals surface area contributed by atoms with E-state index in [2.05, 4.69) is 52.0 Å². The van der Waals surface area contributed by atoms with E-state index in [-0.39, 0.29) is 0 Å². The largest absolute Gasteiger partial charge is 0.374 e. The summed E-state index contributed by atoms with van der Waals surface area (Å²) in [5.41, 5.74) is 2.71. The van der Waals surface area contributed by atoms with E-state index in [9.17, 15) is 0 Å². The van der Waals surface area contributed by atoms with Crippen LogP contribution in [-0.2, 0) is 11.3 Å². The highest BCUT2D eigenvalue weighted by Gasteiger charge is 2.05. The van der Waals surface area contributed by atoms with Crippen molar-refractivity contribution in [1.82, 2.24) is 0 Å². The third kappa shape index (κ3) is 3.15. The first-order chi connectivity index (χ1) is 6.61. The maximum atomic E-state index is 5.62. The molecular weight excluding hydrogens is 172 g/mol. The van der Waals surface area contributed by atoms with Crippen LogP contribution in [0.4, 0.5) is 0 Å². The van der Waals surface area contributed by atoms with Gasteiger partial charge in [-0.15, -0.1) is 0 Å². The van der Waals surface area contributed by atoms with Crippen molar-refractivity contribution in [1.29, 1.82) is 0 Å². The molecule has 1 heteroatoms. The molecule has 0 unspecified atom stereocenters. The van der Waals surface area contributed by atoms with Gasteiger partial charge in [-0.1, -0.05) is 38.1 Å². The van der Waals surface area contributed by atoms with Gasteiger partial charge in [-0.05, 0) is 30.9 Å². The summed E-state index contributed by atoms with van der Waals surface area (Å²) in [4.78, 5) is 0. The monoisotopic (exact) mass is 192 g/mol. The van der Waals surface area contributed by atoms with Crippen LogP contribution in [0, 0.1) is 0 Å². The first kappa shape index (κ1) is 11.3. The molecule has 0 heterocycles. The molecule has 0 bridgehead atoms. The smallest absolute Gasteiger partial charge is 0.0723 e. The molecule has 0 spiro atoms. The molecule has 1 aromatic rings. The van der Waals surface area contributed by atoms with Crippen molar-refractivity contribution in [3.63, 3.8) is 0 Å². The molecule has 78 valence electrons. The highest BCUT2D eigenvalue weighted by molar-refractivity contribution is 5.29. The Hall–Kier alpha value is -0.820. The zero-order valence-electron chi connectivity index (χ0n) is 9.58. The lowest BCUT2D eigenvalue weighted by Crippen LogP contribution is -2.05. The number of hydrogen-bond donors (Lipinski definition) is 0. The summed E-state index contributed by atoms with van der Waals surface area (Å²) in [6, 6.07) is 8.50. The Kier molecular flexibility index (Phi) is 4.15. The lowest BCUT2D eigenvalue weighted by molar-refractivity contribution is 0.0651. The third-order valence-electron chi connectivity index (χ3n) is 2.25. The third-order valence-corrected chi connectivity index (χ3v) is 2.25. The molecular formula is C13H20O. The maximum absolute atomic E-state index is 5.62. The lowest BCUT2D eigenvalue weighted by atomic mass is 9.98. The van der Waals surface area contributed by atoms with Crippen molar-refractivity contribution in [3.8, 4) is 0 Å². The molecule has 14 heavy (non-hydrogen) atoms. The van der Waals surface area contributed by atoms with Crippen LogP contribution < -0.4 is 0 Å². The summed E-state index contributed by atoms with van der Waals surface area (Å²) < 4.78 is 5.62. The second-order valence-electron chi connectivity index (χ2n) is 4.21. The summed E-state index contributed by atoms with van der Waals surface area (Å²) in [5.74, 6) is 0.571. The normalized spacial score (nSPS) is 11.3. The van der Waals surface area contributed by atoms with Gasteiger partial charge in [0, 0.05) is 0 Å². The molecule has 0 saturated heterocycles. The van der Waals surface area contributed by atoms with Gasteiger partial charge in [-0.3, -0.25) is 0 Å². The topological polar surface area (TPSA) is 9.23 Å². The number of hydrogen-bond acceptors (Lipinski definition) is 1. The SMILES string of the molecule is CC(C)OCc1ccccc1C(C)C. The molecule has 0 saturated carbocycles. The van der Waals surface area contributed by atoms with Crippen molar-refractivity contribution >= 4 is 0 Å². The average Bonchev–Trinajstić information content (AvgIpc) is 2.15. The molecule has 1 nitrogen and oxygen atoms in total. The minimum Gasteiger partial charge on any atom is -0.374 e. The molecule has 0 aromatic heterocycles. The summed E-state index contributed by atoms with van der Waals surface area (Å²) in [7, 11) is 0. The minimum absolute atomic E-state index is 0.301. The fraction of sp³-hybridized carbons (Fsp3) is 0.538. The molecule has 1 rings (SSSR count). The van der Waals surface area contributed by atoms with E-state index in [0.29, 0.717) is 12.0 Å². The summed E-state index contributed by atoms with van der Waals surface area (Å²) in [6.45, 7) is 9.30. The summed E-state index contributed by atoms with van der Waals surface area (Å²) in [6.07, 6.45) is 0.301. The molecule has 0 aliphatic heterocycles. The van der Waals surface area contributed by atoms with Gasteiger partial charge in [0.15, 0.2) is 0 Å². The highest BCUT2D eigenvalue weighted by atomic mass is 16.5. The van der Waals surface area contributed by atoms with E-state index in [1.54, 1.807) is 0 Å². The van der Waals surface area contributed by atoms with Gasteiger partial charge < -0.3 is 4.74 Å². The fourth-order valence-corrected chi connectivity index (χ4v) is 1.49. The van der Waals surface area contributed by atoms with E-state index in [1.807, 2.05) is 0 Å². The van der Waals surface area contributed by atoms with Crippen LogP contribution in [-0.4, -0.2) is 6.10 Å². The van der Waals surface area contributed by atoms with Crippen LogP contribution in [0.15, 0.2) is 24.3 Å². The predicted molar refractivity (Wildman–Crippen MR) is 60.5 cm³/mol.